The second kappa shape index (κ2) is 7.83. The number of hydrogen-bond donors (Lipinski definition) is 1. The van der Waals surface area contributed by atoms with E-state index >= 15 is 0 Å². The minimum atomic E-state index is -0.0778. The molecule has 1 N–H and O–H groups in total. The first-order chi connectivity index (χ1) is 14.1. The molecule has 1 saturated heterocycles. The second-order valence-electron chi connectivity index (χ2n) is 6.79. The number of benzene rings is 1. The van der Waals surface area contributed by atoms with Gasteiger partial charge in [0, 0.05) is 30.4 Å². The van der Waals surface area contributed by atoms with Crippen LogP contribution in [0.25, 0.3) is 11.1 Å². The van der Waals surface area contributed by atoms with Crippen LogP contribution in [0.1, 0.15) is 18.5 Å². The van der Waals surface area contributed by atoms with E-state index in [9.17, 15) is 4.79 Å². The van der Waals surface area contributed by atoms with Gasteiger partial charge in [-0.2, -0.15) is 10.1 Å². The Morgan fingerprint density at radius 3 is 2.72 bits per heavy atom. The molecule has 3 aromatic rings. The molecule has 1 fully saturated rings. The van der Waals surface area contributed by atoms with Gasteiger partial charge in [0.2, 0.25) is 5.88 Å². The average Bonchev–Trinajstić information content (AvgIpc) is 3.43. The number of aromatic amines is 1. The normalized spacial score (nSPS) is 14.9. The number of nitrogens with one attached hydrogen (secondary N) is 1. The lowest BCUT2D eigenvalue weighted by Crippen LogP contribution is -2.34. The molecule has 2 amide bonds. The van der Waals surface area contributed by atoms with Crippen molar-refractivity contribution in [3.8, 4) is 22.8 Å². The number of amides is 2. The van der Waals surface area contributed by atoms with E-state index in [1.165, 1.54) is 0 Å². The molecule has 0 spiro atoms. The SMILES string of the molecule is COc1cccc(C(C)N2CCN(c3ccc(-c4cn[nH]c4)c(OC)n3)C2=O)c1. The van der Waals surface area contributed by atoms with Crippen LogP contribution >= 0.6 is 0 Å². The lowest BCUT2D eigenvalue weighted by atomic mass is 10.1. The maximum absolute atomic E-state index is 13.1. The van der Waals surface area contributed by atoms with Gasteiger partial charge in [0.05, 0.1) is 26.5 Å². The molecule has 0 saturated carbocycles. The third-order valence-corrected chi connectivity index (χ3v) is 5.21. The molecule has 3 heterocycles. The monoisotopic (exact) mass is 393 g/mol. The average molecular weight is 393 g/mol. The highest BCUT2D eigenvalue weighted by atomic mass is 16.5. The topological polar surface area (TPSA) is 83.6 Å². The second-order valence-corrected chi connectivity index (χ2v) is 6.79. The number of urea groups is 1. The van der Waals surface area contributed by atoms with Crippen LogP contribution in [0.15, 0.2) is 48.8 Å². The Kier molecular flexibility index (Phi) is 5.07. The van der Waals surface area contributed by atoms with Crippen LogP contribution in [-0.2, 0) is 0 Å². The smallest absolute Gasteiger partial charge is 0.326 e. The summed E-state index contributed by atoms with van der Waals surface area (Å²) >= 11 is 0. The summed E-state index contributed by atoms with van der Waals surface area (Å²) in [5.41, 5.74) is 2.72. The molecular weight excluding hydrogens is 370 g/mol. The molecule has 4 rings (SSSR count). The Labute approximate surface area is 169 Å². The zero-order valence-electron chi connectivity index (χ0n) is 16.6. The molecule has 0 bridgehead atoms. The Morgan fingerprint density at radius 1 is 1.14 bits per heavy atom. The first-order valence-electron chi connectivity index (χ1n) is 9.38. The predicted octanol–water partition coefficient (Wildman–Crippen LogP) is 3.49. The minimum absolute atomic E-state index is 0.0744. The van der Waals surface area contributed by atoms with Crippen LogP contribution in [0, 0.1) is 0 Å². The molecule has 8 nitrogen and oxygen atoms in total. The zero-order valence-corrected chi connectivity index (χ0v) is 16.6. The summed E-state index contributed by atoms with van der Waals surface area (Å²) in [5, 5.41) is 6.75. The lowest BCUT2D eigenvalue weighted by molar-refractivity contribution is 0.205. The third kappa shape index (κ3) is 3.49. The fourth-order valence-electron chi connectivity index (χ4n) is 3.56. The number of carbonyl (C=O) groups is 1. The molecule has 1 unspecified atom stereocenters. The van der Waals surface area contributed by atoms with E-state index in [2.05, 4.69) is 15.2 Å². The van der Waals surface area contributed by atoms with Gasteiger partial charge in [-0.25, -0.2) is 4.79 Å². The van der Waals surface area contributed by atoms with Crippen molar-refractivity contribution in [1.82, 2.24) is 20.1 Å². The molecule has 1 aliphatic heterocycles. The number of nitrogens with zero attached hydrogens (tertiary/aromatic N) is 4. The number of rotatable bonds is 6. The van der Waals surface area contributed by atoms with Gasteiger partial charge in [0.25, 0.3) is 0 Å². The van der Waals surface area contributed by atoms with Crippen LogP contribution < -0.4 is 14.4 Å². The Morgan fingerprint density at radius 2 is 2.00 bits per heavy atom. The van der Waals surface area contributed by atoms with Crippen molar-refractivity contribution in [3.05, 3.63) is 54.4 Å². The third-order valence-electron chi connectivity index (χ3n) is 5.21. The van der Waals surface area contributed by atoms with E-state index in [-0.39, 0.29) is 12.1 Å². The van der Waals surface area contributed by atoms with E-state index in [0.717, 1.165) is 22.4 Å². The maximum atomic E-state index is 13.1. The van der Waals surface area contributed by atoms with E-state index in [1.54, 1.807) is 31.5 Å². The van der Waals surface area contributed by atoms with Crippen molar-refractivity contribution in [1.29, 1.82) is 0 Å². The summed E-state index contributed by atoms with van der Waals surface area (Å²) in [6, 6.07) is 11.4. The van der Waals surface area contributed by atoms with Gasteiger partial charge in [-0.1, -0.05) is 12.1 Å². The van der Waals surface area contributed by atoms with Crippen molar-refractivity contribution in [2.75, 3.05) is 32.2 Å². The molecule has 1 atom stereocenters. The maximum Gasteiger partial charge on any atom is 0.326 e. The summed E-state index contributed by atoms with van der Waals surface area (Å²) < 4.78 is 10.8. The fourth-order valence-corrected chi connectivity index (χ4v) is 3.56. The van der Waals surface area contributed by atoms with Gasteiger partial charge in [0.15, 0.2) is 0 Å². The largest absolute Gasteiger partial charge is 0.497 e. The van der Waals surface area contributed by atoms with Crippen LogP contribution in [0.3, 0.4) is 0 Å². The quantitative estimate of drug-likeness (QED) is 0.693. The number of pyridine rings is 1. The first-order valence-corrected chi connectivity index (χ1v) is 9.38. The summed E-state index contributed by atoms with van der Waals surface area (Å²) in [4.78, 5) is 21.2. The fraction of sp³-hybridized carbons (Fsp3) is 0.286. The van der Waals surface area contributed by atoms with Gasteiger partial charge in [0.1, 0.15) is 11.6 Å². The van der Waals surface area contributed by atoms with Crippen molar-refractivity contribution >= 4 is 11.8 Å². The Hall–Kier alpha value is -3.55. The standard InChI is InChI=1S/C21H23N5O3/c1-14(15-5-4-6-17(11-15)28-2)25-9-10-26(21(25)27)19-8-7-18(20(24-19)29-3)16-12-22-23-13-16/h4-8,11-14H,9-10H2,1-3H3,(H,22,23). The van der Waals surface area contributed by atoms with Crippen LogP contribution in [0.5, 0.6) is 11.6 Å². The first kappa shape index (κ1) is 18.8. The molecule has 1 aliphatic rings. The number of ether oxygens (including phenoxy) is 2. The van der Waals surface area contributed by atoms with Crippen molar-refractivity contribution < 1.29 is 14.3 Å². The summed E-state index contributed by atoms with van der Waals surface area (Å²) in [7, 11) is 3.21. The highest BCUT2D eigenvalue weighted by Gasteiger charge is 2.34. The summed E-state index contributed by atoms with van der Waals surface area (Å²) in [6.45, 7) is 3.20. The van der Waals surface area contributed by atoms with Gasteiger partial charge in [-0.15, -0.1) is 0 Å². The van der Waals surface area contributed by atoms with Gasteiger partial charge < -0.3 is 14.4 Å². The van der Waals surface area contributed by atoms with Crippen LogP contribution in [0.4, 0.5) is 10.6 Å². The van der Waals surface area contributed by atoms with Gasteiger partial charge >= 0.3 is 6.03 Å². The zero-order chi connectivity index (χ0) is 20.4. The molecule has 8 heteroatoms. The van der Waals surface area contributed by atoms with Gasteiger partial charge in [-0.05, 0) is 36.8 Å². The molecule has 2 aromatic heterocycles. The number of H-pyrrole nitrogens is 1. The molecule has 1 aromatic carbocycles. The number of methoxy groups -OCH3 is 2. The van der Waals surface area contributed by atoms with Crippen molar-refractivity contribution in [2.45, 2.75) is 13.0 Å². The minimum Gasteiger partial charge on any atom is -0.497 e. The number of hydrogen-bond acceptors (Lipinski definition) is 5. The van der Waals surface area contributed by atoms with Crippen LogP contribution in [0.2, 0.25) is 0 Å². The lowest BCUT2D eigenvalue weighted by Gasteiger charge is -2.25. The number of aromatic nitrogens is 3. The molecule has 0 aliphatic carbocycles. The van der Waals surface area contributed by atoms with E-state index < -0.39 is 0 Å². The van der Waals surface area contributed by atoms with Crippen molar-refractivity contribution in [2.24, 2.45) is 0 Å². The predicted molar refractivity (Wildman–Crippen MR) is 109 cm³/mol. The van der Waals surface area contributed by atoms with Gasteiger partial charge in [-0.3, -0.25) is 10.00 Å². The van der Waals surface area contributed by atoms with Crippen molar-refractivity contribution in [3.63, 3.8) is 0 Å². The number of carbonyl (C=O) groups excluding carboxylic acids is 1. The summed E-state index contributed by atoms with van der Waals surface area (Å²) in [5.74, 6) is 1.80. The summed E-state index contributed by atoms with van der Waals surface area (Å²) in [6.07, 6.45) is 3.48. The number of anilines is 1. The molecule has 0 radical (unpaired) electrons. The highest BCUT2D eigenvalue weighted by Crippen LogP contribution is 2.33. The van der Waals surface area contributed by atoms with E-state index in [0.29, 0.717) is 24.8 Å². The Balaban J connectivity index is 1.57. The Bertz CT molecular complexity index is 1010. The molecule has 150 valence electrons. The highest BCUT2D eigenvalue weighted by molar-refractivity contribution is 5.93. The van der Waals surface area contributed by atoms with E-state index in [1.807, 2.05) is 48.2 Å². The van der Waals surface area contributed by atoms with Crippen LogP contribution in [-0.4, -0.2) is 53.4 Å². The molecular formula is C21H23N5O3. The van der Waals surface area contributed by atoms with E-state index in [4.69, 9.17) is 9.47 Å². The molecule has 29 heavy (non-hydrogen) atoms.